The number of aryl methyl sites for hydroxylation is 1. The summed E-state index contributed by atoms with van der Waals surface area (Å²) >= 11 is 0. The number of nitrogens with one attached hydrogen (secondary N) is 1. The lowest BCUT2D eigenvalue weighted by atomic mass is 9.85. The third-order valence-corrected chi connectivity index (χ3v) is 3.75. The summed E-state index contributed by atoms with van der Waals surface area (Å²) in [5, 5.41) is 2.89. The van der Waals surface area contributed by atoms with Crippen molar-refractivity contribution < 1.29 is 9.21 Å². The quantitative estimate of drug-likeness (QED) is 0.885. The summed E-state index contributed by atoms with van der Waals surface area (Å²) in [6, 6.07) is 9.49. The zero-order valence-electron chi connectivity index (χ0n) is 12.8. The van der Waals surface area contributed by atoms with Crippen molar-refractivity contribution in [3.05, 3.63) is 53.5 Å². The van der Waals surface area contributed by atoms with Crippen LogP contribution in [0.5, 0.6) is 0 Å². The molecular formula is C17H22N2O2. The lowest BCUT2D eigenvalue weighted by Gasteiger charge is -2.23. The number of benzene rings is 1. The Morgan fingerprint density at radius 1 is 1.24 bits per heavy atom. The SMILES string of the molecule is CCc1occc1C(=O)Nc1ccc(C(C)(C)CN)cc1. The molecule has 0 radical (unpaired) electrons. The average molecular weight is 286 g/mol. The van der Waals surface area contributed by atoms with Gasteiger partial charge in [0, 0.05) is 24.1 Å². The maximum Gasteiger partial charge on any atom is 0.259 e. The molecule has 4 heteroatoms. The fourth-order valence-corrected chi connectivity index (χ4v) is 2.14. The third kappa shape index (κ3) is 3.34. The van der Waals surface area contributed by atoms with E-state index < -0.39 is 0 Å². The number of furan rings is 1. The Morgan fingerprint density at radius 3 is 2.48 bits per heavy atom. The maximum atomic E-state index is 12.2. The molecule has 0 spiro atoms. The minimum absolute atomic E-state index is 0.0670. The number of rotatable bonds is 5. The maximum absolute atomic E-state index is 12.2. The van der Waals surface area contributed by atoms with Gasteiger partial charge in [0.1, 0.15) is 5.76 Å². The second kappa shape index (κ2) is 6.14. The molecule has 3 N–H and O–H groups in total. The van der Waals surface area contributed by atoms with Crippen molar-refractivity contribution in [3.63, 3.8) is 0 Å². The fraction of sp³-hybridized carbons (Fsp3) is 0.353. The highest BCUT2D eigenvalue weighted by atomic mass is 16.3. The van der Waals surface area contributed by atoms with Crippen LogP contribution in [0.1, 0.15) is 42.5 Å². The number of carbonyl (C=O) groups excluding carboxylic acids is 1. The van der Waals surface area contributed by atoms with E-state index in [0.29, 0.717) is 24.3 Å². The van der Waals surface area contributed by atoms with Crippen LogP contribution in [0.25, 0.3) is 0 Å². The molecule has 0 atom stereocenters. The molecule has 0 saturated carbocycles. The molecule has 0 bridgehead atoms. The number of amides is 1. The van der Waals surface area contributed by atoms with Gasteiger partial charge in [-0.2, -0.15) is 0 Å². The molecule has 0 unspecified atom stereocenters. The molecular weight excluding hydrogens is 264 g/mol. The van der Waals surface area contributed by atoms with E-state index in [1.54, 1.807) is 12.3 Å². The molecule has 0 fully saturated rings. The summed E-state index contributed by atoms with van der Waals surface area (Å²) in [6.45, 7) is 6.73. The van der Waals surface area contributed by atoms with Crippen LogP contribution in [0.4, 0.5) is 5.69 Å². The molecule has 0 saturated heterocycles. The zero-order valence-corrected chi connectivity index (χ0v) is 12.8. The minimum Gasteiger partial charge on any atom is -0.469 e. The van der Waals surface area contributed by atoms with Gasteiger partial charge in [-0.1, -0.05) is 32.9 Å². The molecule has 1 heterocycles. The van der Waals surface area contributed by atoms with Gasteiger partial charge in [-0.15, -0.1) is 0 Å². The van der Waals surface area contributed by atoms with E-state index in [1.165, 1.54) is 0 Å². The van der Waals surface area contributed by atoms with Crippen LogP contribution < -0.4 is 11.1 Å². The van der Waals surface area contributed by atoms with Crippen molar-refractivity contribution in [2.75, 3.05) is 11.9 Å². The smallest absolute Gasteiger partial charge is 0.259 e. The molecule has 2 rings (SSSR count). The highest BCUT2D eigenvalue weighted by Crippen LogP contribution is 2.23. The highest BCUT2D eigenvalue weighted by Gasteiger charge is 2.18. The van der Waals surface area contributed by atoms with Crippen LogP contribution in [0, 0.1) is 0 Å². The third-order valence-electron chi connectivity index (χ3n) is 3.75. The van der Waals surface area contributed by atoms with Gasteiger partial charge < -0.3 is 15.5 Å². The minimum atomic E-state index is -0.147. The van der Waals surface area contributed by atoms with E-state index in [4.69, 9.17) is 10.2 Å². The zero-order chi connectivity index (χ0) is 15.5. The van der Waals surface area contributed by atoms with Crippen molar-refractivity contribution in [1.82, 2.24) is 0 Å². The predicted octanol–water partition coefficient (Wildman–Crippen LogP) is 3.33. The molecule has 21 heavy (non-hydrogen) atoms. The predicted molar refractivity (Wildman–Crippen MR) is 84.6 cm³/mol. The van der Waals surface area contributed by atoms with Gasteiger partial charge in [0.25, 0.3) is 5.91 Å². The number of anilines is 1. The largest absolute Gasteiger partial charge is 0.469 e. The molecule has 1 aromatic heterocycles. The first-order valence-corrected chi connectivity index (χ1v) is 7.16. The fourth-order valence-electron chi connectivity index (χ4n) is 2.14. The van der Waals surface area contributed by atoms with Crippen molar-refractivity contribution in [2.24, 2.45) is 5.73 Å². The number of hydrogen-bond acceptors (Lipinski definition) is 3. The first-order valence-electron chi connectivity index (χ1n) is 7.16. The lowest BCUT2D eigenvalue weighted by Crippen LogP contribution is -2.27. The van der Waals surface area contributed by atoms with Crippen molar-refractivity contribution in [1.29, 1.82) is 0 Å². The van der Waals surface area contributed by atoms with Gasteiger partial charge in [-0.3, -0.25) is 4.79 Å². The summed E-state index contributed by atoms with van der Waals surface area (Å²) in [4.78, 5) is 12.2. The molecule has 0 aliphatic carbocycles. The van der Waals surface area contributed by atoms with Crippen LogP contribution in [-0.4, -0.2) is 12.5 Å². The molecule has 0 aliphatic rings. The molecule has 0 aliphatic heterocycles. The first-order chi connectivity index (χ1) is 9.97. The van der Waals surface area contributed by atoms with E-state index in [0.717, 1.165) is 11.3 Å². The Labute approximate surface area is 125 Å². The van der Waals surface area contributed by atoms with E-state index in [2.05, 4.69) is 19.2 Å². The van der Waals surface area contributed by atoms with Crippen LogP contribution in [-0.2, 0) is 11.8 Å². The van der Waals surface area contributed by atoms with Gasteiger partial charge in [-0.25, -0.2) is 0 Å². The van der Waals surface area contributed by atoms with E-state index in [-0.39, 0.29) is 11.3 Å². The van der Waals surface area contributed by atoms with Crippen LogP contribution in [0.2, 0.25) is 0 Å². The highest BCUT2D eigenvalue weighted by molar-refractivity contribution is 6.04. The van der Waals surface area contributed by atoms with Crippen molar-refractivity contribution >= 4 is 11.6 Å². The number of hydrogen-bond donors (Lipinski definition) is 2. The van der Waals surface area contributed by atoms with E-state index >= 15 is 0 Å². The summed E-state index contributed by atoms with van der Waals surface area (Å²) in [6.07, 6.45) is 2.24. The van der Waals surface area contributed by atoms with Crippen LogP contribution >= 0.6 is 0 Å². The van der Waals surface area contributed by atoms with Gasteiger partial charge in [0.05, 0.1) is 11.8 Å². The molecule has 2 aromatic rings. The summed E-state index contributed by atoms with van der Waals surface area (Å²) in [7, 11) is 0. The van der Waals surface area contributed by atoms with Crippen molar-refractivity contribution in [2.45, 2.75) is 32.6 Å². The Morgan fingerprint density at radius 2 is 1.90 bits per heavy atom. The number of nitrogens with two attached hydrogens (primary N) is 1. The monoisotopic (exact) mass is 286 g/mol. The van der Waals surface area contributed by atoms with Gasteiger partial charge >= 0.3 is 0 Å². The summed E-state index contributed by atoms with van der Waals surface area (Å²) in [5.74, 6) is 0.555. The average Bonchev–Trinajstić information content (AvgIpc) is 2.96. The van der Waals surface area contributed by atoms with Crippen molar-refractivity contribution in [3.8, 4) is 0 Å². The van der Waals surface area contributed by atoms with E-state index in [9.17, 15) is 4.79 Å². The van der Waals surface area contributed by atoms with E-state index in [1.807, 2.05) is 31.2 Å². The van der Waals surface area contributed by atoms with Gasteiger partial charge in [-0.05, 0) is 23.8 Å². The lowest BCUT2D eigenvalue weighted by molar-refractivity contribution is 0.102. The Kier molecular flexibility index (Phi) is 4.48. The van der Waals surface area contributed by atoms with Gasteiger partial charge in [0.2, 0.25) is 0 Å². The summed E-state index contributed by atoms with van der Waals surface area (Å²) < 4.78 is 5.28. The molecule has 4 nitrogen and oxygen atoms in total. The first kappa shape index (κ1) is 15.3. The standard InChI is InChI=1S/C17H22N2O2/c1-4-15-14(9-10-21-15)16(20)19-13-7-5-12(6-8-13)17(2,3)11-18/h5-10H,4,11,18H2,1-3H3,(H,19,20). The molecule has 112 valence electrons. The molecule has 1 aromatic carbocycles. The second-order valence-electron chi connectivity index (χ2n) is 5.73. The topological polar surface area (TPSA) is 68.3 Å². The second-order valence-corrected chi connectivity index (χ2v) is 5.73. The number of carbonyl (C=O) groups is 1. The Bertz CT molecular complexity index is 612. The Balaban J connectivity index is 2.12. The van der Waals surface area contributed by atoms with Gasteiger partial charge in [0.15, 0.2) is 0 Å². The summed E-state index contributed by atoms with van der Waals surface area (Å²) in [5.41, 5.74) is 8.21. The van der Waals surface area contributed by atoms with Crippen LogP contribution in [0.15, 0.2) is 41.0 Å². The normalized spacial score (nSPS) is 11.4. The molecule has 1 amide bonds. The van der Waals surface area contributed by atoms with Crippen LogP contribution in [0.3, 0.4) is 0 Å². The Hall–Kier alpha value is -2.07.